The van der Waals surface area contributed by atoms with Gasteiger partial charge in [0, 0.05) is 11.5 Å². The standard InChI is InChI=1S/C18H22N4O/c1-5-13(6-2)17-19-12(4)15-18(23)20-16(21-22(15)17)14-9-7-11(3)8-10-14/h7-10,13H,5-6H2,1-4H3,(H,20,21,23). The number of imidazole rings is 1. The first-order chi connectivity index (χ1) is 11.0. The molecule has 0 unspecified atom stereocenters. The van der Waals surface area contributed by atoms with Gasteiger partial charge in [0.25, 0.3) is 5.56 Å². The van der Waals surface area contributed by atoms with Gasteiger partial charge in [-0.2, -0.15) is 0 Å². The number of H-pyrrole nitrogens is 1. The quantitative estimate of drug-likeness (QED) is 0.800. The second-order valence-corrected chi connectivity index (χ2v) is 6.00. The van der Waals surface area contributed by atoms with Crippen molar-refractivity contribution in [2.75, 3.05) is 0 Å². The van der Waals surface area contributed by atoms with Crippen molar-refractivity contribution in [1.29, 1.82) is 0 Å². The largest absolute Gasteiger partial charge is 0.303 e. The van der Waals surface area contributed by atoms with E-state index in [4.69, 9.17) is 0 Å². The average molecular weight is 310 g/mol. The normalized spacial score (nSPS) is 11.5. The molecule has 0 spiro atoms. The fourth-order valence-electron chi connectivity index (χ4n) is 2.95. The van der Waals surface area contributed by atoms with Crippen LogP contribution in [-0.2, 0) is 0 Å². The van der Waals surface area contributed by atoms with Crippen molar-refractivity contribution in [3.05, 3.63) is 51.7 Å². The summed E-state index contributed by atoms with van der Waals surface area (Å²) >= 11 is 0. The van der Waals surface area contributed by atoms with Crippen LogP contribution in [0.2, 0.25) is 0 Å². The summed E-state index contributed by atoms with van der Waals surface area (Å²) in [4.78, 5) is 20.0. The van der Waals surface area contributed by atoms with E-state index in [1.54, 1.807) is 4.52 Å². The fraction of sp³-hybridized carbons (Fsp3) is 0.389. The van der Waals surface area contributed by atoms with Gasteiger partial charge in [0.2, 0.25) is 0 Å². The highest BCUT2D eigenvalue weighted by atomic mass is 16.1. The van der Waals surface area contributed by atoms with Crippen molar-refractivity contribution in [3.63, 3.8) is 0 Å². The van der Waals surface area contributed by atoms with Gasteiger partial charge in [-0.05, 0) is 26.7 Å². The number of hydrogen-bond donors (Lipinski definition) is 1. The number of rotatable bonds is 4. The molecule has 0 bridgehead atoms. The highest BCUT2D eigenvalue weighted by Gasteiger charge is 2.19. The average Bonchev–Trinajstić information content (AvgIpc) is 2.87. The Hall–Kier alpha value is -2.43. The van der Waals surface area contributed by atoms with Gasteiger partial charge in [-0.3, -0.25) is 4.79 Å². The number of nitrogens with one attached hydrogen (secondary N) is 1. The highest BCUT2D eigenvalue weighted by Crippen LogP contribution is 2.24. The summed E-state index contributed by atoms with van der Waals surface area (Å²) < 4.78 is 1.74. The minimum atomic E-state index is -0.141. The molecule has 5 nitrogen and oxygen atoms in total. The molecule has 5 heteroatoms. The third-order valence-electron chi connectivity index (χ3n) is 4.38. The molecule has 0 fully saturated rings. The van der Waals surface area contributed by atoms with Crippen molar-refractivity contribution in [1.82, 2.24) is 19.6 Å². The number of aromatic amines is 1. The Labute approximate surface area is 135 Å². The zero-order valence-corrected chi connectivity index (χ0v) is 14.1. The van der Waals surface area contributed by atoms with E-state index in [1.807, 2.05) is 38.1 Å². The molecule has 3 rings (SSSR count). The molecule has 2 heterocycles. The number of aromatic nitrogens is 4. The van der Waals surface area contributed by atoms with Crippen LogP contribution in [0, 0.1) is 13.8 Å². The molecular weight excluding hydrogens is 288 g/mol. The Kier molecular flexibility index (Phi) is 4.03. The minimum Gasteiger partial charge on any atom is -0.303 e. The molecule has 3 aromatic rings. The summed E-state index contributed by atoms with van der Waals surface area (Å²) in [5.74, 6) is 1.76. The summed E-state index contributed by atoms with van der Waals surface area (Å²) in [7, 11) is 0. The number of benzene rings is 1. The van der Waals surface area contributed by atoms with Crippen LogP contribution >= 0.6 is 0 Å². The molecular formula is C18H22N4O. The number of fused-ring (bicyclic) bond motifs is 1. The van der Waals surface area contributed by atoms with Gasteiger partial charge >= 0.3 is 0 Å². The van der Waals surface area contributed by atoms with Gasteiger partial charge in [-0.15, -0.1) is 5.10 Å². The Morgan fingerprint density at radius 2 is 1.78 bits per heavy atom. The third kappa shape index (κ3) is 2.67. The molecule has 0 atom stereocenters. The molecule has 120 valence electrons. The van der Waals surface area contributed by atoms with Gasteiger partial charge < -0.3 is 4.98 Å². The predicted molar refractivity (Wildman–Crippen MR) is 91.8 cm³/mol. The lowest BCUT2D eigenvalue weighted by molar-refractivity contribution is 0.584. The van der Waals surface area contributed by atoms with Crippen LogP contribution in [0.5, 0.6) is 0 Å². The maximum atomic E-state index is 12.5. The van der Waals surface area contributed by atoms with E-state index in [0.717, 1.165) is 29.9 Å². The second kappa shape index (κ2) is 5.99. The van der Waals surface area contributed by atoms with Crippen molar-refractivity contribution >= 4 is 5.52 Å². The first-order valence-corrected chi connectivity index (χ1v) is 8.11. The molecule has 0 radical (unpaired) electrons. The second-order valence-electron chi connectivity index (χ2n) is 6.00. The molecule has 0 saturated heterocycles. The predicted octanol–water partition coefficient (Wildman–Crippen LogP) is 3.61. The van der Waals surface area contributed by atoms with Crippen molar-refractivity contribution in [2.45, 2.75) is 46.5 Å². The topological polar surface area (TPSA) is 63.0 Å². The van der Waals surface area contributed by atoms with Crippen LogP contribution in [0.25, 0.3) is 16.9 Å². The van der Waals surface area contributed by atoms with E-state index in [1.165, 1.54) is 5.56 Å². The van der Waals surface area contributed by atoms with Gasteiger partial charge in [-0.1, -0.05) is 43.7 Å². The lowest BCUT2D eigenvalue weighted by Crippen LogP contribution is -2.16. The zero-order valence-electron chi connectivity index (χ0n) is 14.1. The lowest BCUT2D eigenvalue weighted by atomic mass is 10.0. The third-order valence-corrected chi connectivity index (χ3v) is 4.38. The van der Waals surface area contributed by atoms with Crippen molar-refractivity contribution in [3.8, 4) is 11.4 Å². The van der Waals surface area contributed by atoms with E-state index < -0.39 is 0 Å². The smallest absolute Gasteiger partial charge is 0.277 e. The maximum Gasteiger partial charge on any atom is 0.277 e. The van der Waals surface area contributed by atoms with Crippen molar-refractivity contribution < 1.29 is 0 Å². The van der Waals surface area contributed by atoms with Gasteiger partial charge in [-0.25, -0.2) is 9.50 Å². The number of hydrogen-bond acceptors (Lipinski definition) is 3. The van der Waals surface area contributed by atoms with E-state index in [2.05, 4.69) is 28.9 Å². The lowest BCUT2D eigenvalue weighted by Gasteiger charge is -2.11. The Balaban J connectivity index is 2.25. The van der Waals surface area contributed by atoms with Crippen LogP contribution < -0.4 is 5.56 Å². The molecule has 0 aliphatic rings. The van der Waals surface area contributed by atoms with Gasteiger partial charge in [0.1, 0.15) is 5.82 Å². The van der Waals surface area contributed by atoms with E-state index in [-0.39, 0.29) is 5.56 Å². The summed E-state index contributed by atoms with van der Waals surface area (Å²) in [5.41, 5.74) is 3.21. The molecule has 0 aliphatic heterocycles. The SMILES string of the molecule is CCC(CC)c1nc(C)c2c(=O)[nH]c(-c3ccc(C)cc3)nn12. The monoisotopic (exact) mass is 310 g/mol. The molecule has 0 saturated carbocycles. The minimum absolute atomic E-state index is 0.141. The molecule has 0 aliphatic carbocycles. The maximum absolute atomic E-state index is 12.5. The van der Waals surface area contributed by atoms with Crippen LogP contribution in [0.1, 0.15) is 49.7 Å². The van der Waals surface area contributed by atoms with Gasteiger partial charge in [0.15, 0.2) is 11.3 Å². The number of nitrogens with zero attached hydrogens (tertiary/aromatic N) is 3. The van der Waals surface area contributed by atoms with Crippen LogP contribution in [0.4, 0.5) is 0 Å². The molecule has 2 aromatic heterocycles. The fourth-order valence-corrected chi connectivity index (χ4v) is 2.95. The summed E-state index contributed by atoms with van der Waals surface area (Å²) in [5, 5.41) is 4.67. The van der Waals surface area contributed by atoms with Gasteiger partial charge in [0.05, 0.1) is 5.69 Å². The Bertz CT molecular complexity index is 886. The van der Waals surface area contributed by atoms with E-state index >= 15 is 0 Å². The first-order valence-electron chi connectivity index (χ1n) is 8.11. The molecule has 23 heavy (non-hydrogen) atoms. The summed E-state index contributed by atoms with van der Waals surface area (Å²) in [6.45, 7) is 8.18. The summed E-state index contributed by atoms with van der Waals surface area (Å²) in [6.07, 6.45) is 1.95. The Morgan fingerprint density at radius 1 is 1.13 bits per heavy atom. The number of aryl methyl sites for hydroxylation is 2. The first kappa shape index (κ1) is 15.5. The van der Waals surface area contributed by atoms with E-state index in [9.17, 15) is 4.79 Å². The Morgan fingerprint density at radius 3 is 2.39 bits per heavy atom. The molecule has 0 amide bonds. The van der Waals surface area contributed by atoms with Crippen LogP contribution in [0.15, 0.2) is 29.1 Å². The molecule has 1 aromatic carbocycles. The summed E-state index contributed by atoms with van der Waals surface area (Å²) in [6, 6.07) is 7.97. The van der Waals surface area contributed by atoms with Crippen LogP contribution in [0.3, 0.4) is 0 Å². The zero-order chi connectivity index (χ0) is 16.6. The van der Waals surface area contributed by atoms with Crippen molar-refractivity contribution in [2.24, 2.45) is 0 Å². The van der Waals surface area contributed by atoms with Crippen LogP contribution in [-0.4, -0.2) is 19.6 Å². The molecule has 1 N–H and O–H groups in total. The highest BCUT2D eigenvalue weighted by molar-refractivity contribution is 5.58. The van der Waals surface area contributed by atoms with E-state index in [0.29, 0.717) is 17.3 Å².